The lowest BCUT2D eigenvalue weighted by Gasteiger charge is -2.37. The SMILES string of the molecule is O=C(c1csc(C2(C(F)(F)F)CCCCC2)n1)N1CCC(C(F)(F)F)CC1. The van der Waals surface area contributed by atoms with E-state index in [1.54, 1.807) is 0 Å². The number of carbonyl (C=O) groups excluding carboxylic acids is 1. The van der Waals surface area contributed by atoms with Crippen LogP contribution in [0.4, 0.5) is 26.3 Å². The Balaban J connectivity index is 1.74. The molecule has 3 nitrogen and oxygen atoms in total. The molecule has 2 fully saturated rings. The van der Waals surface area contributed by atoms with Gasteiger partial charge in [-0.2, -0.15) is 26.3 Å². The molecule has 0 atom stereocenters. The highest BCUT2D eigenvalue weighted by Crippen LogP contribution is 2.51. The Morgan fingerprint density at radius 3 is 2.19 bits per heavy atom. The van der Waals surface area contributed by atoms with Crippen LogP contribution in [0.25, 0.3) is 0 Å². The van der Waals surface area contributed by atoms with Crippen molar-refractivity contribution in [3.05, 3.63) is 16.1 Å². The van der Waals surface area contributed by atoms with Crippen LogP contribution in [0.3, 0.4) is 0 Å². The van der Waals surface area contributed by atoms with E-state index in [0.29, 0.717) is 12.8 Å². The van der Waals surface area contributed by atoms with E-state index in [0.717, 1.165) is 17.8 Å². The Morgan fingerprint density at radius 2 is 1.67 bits per heavy atom. The maximum Gasteiger partial charge on any atom is 0.400 e. The van der Waals surface area contributed by atoms with Crippen LogP contribution in [0.15, 0.2) is 5.38 Å². The molecule has 1 saturated carbocycles. The number of carbonyl (C=O) groups is 1. The zero-order valence-electron chi connectivity index (χ0n) is 14.5. The summed E-state index contributed by atoms with van der Waals surface area (Å²) in [6.07, 6.45) is -7.58. The molecule has 0 aromatic carbocycles. The number of nitrogens with zero attached hydrogens (tertiary/aromatic N) is 2. The van der Waals surface area contributed by atoms with Crippen LogP contribution >= 0.6 is 11.3 Å². The first kappa shape index (κ1) is 20.4. The highest BCUT2D eigenvalue weighted by Gasteiger charge is 2.57. The van der Waals surface area contributed by atoms with Gasteiger partial charge in [-0.25, -0.2) is 4.98 Å². The van der Waals surface area contributed by atoms with Gasteiger partial charge in [0.2, 0.25) is 0 Å². The van der Waals surface area contributed by atoms with Gasteiger partial charge < -0.3 is 4.90 Å². The van der Waals surface area contributed by atoms with Crippen LogP contribution in [-0.4, -0.2) is 41.2 Å². The van der Waals surface area contributed by atoms with Crippen LogP contribution < -0.4 is 0 Å². The largest absolute Gasteiger partial charge is 0.400 e. The van der Waals surface area contributed by atoms with Crippen molar-refractivity contribution in [2.24, 2.45) is 5.92 Å². The lowest BCUT2D eigenvalue weighted by atomic mass is 9.74. The first-order valence-corrected chi connectivity index (χ1v) is 9.81. The fraction of sp³-hybridized carbons (Fsp3) is 0.765. The summed E-state index contributed by atoms with van der Waals surface area (Å²) in [5, 5.41) is 1.19. The monoisotopic (exact) mass is 414 g/mol. The smallest absolute Gasteiger partial charge is 0.337 e. The van der Waals surface area contributed by atoms with Gasteiger partial charge in [-0.05, 0) is 25.7 Å². The van der Waals surface area contributed by atoms with Crippen molar-refractivity contribution >= 4 is 17.2 Å². The number of hydrogen-bond donors (Lipinski definition) is 0. The Bertz CT molecular complexity index is 670. The summed E-state index contributed by atoms with van der Waals surface area (Å²) < 4.78 is 79.5. The van der Waals surface area contributed by atoms with Crippen molar-refractivity contribution < 1.29 is 31.1 Å². The molecule has 1 saturated heterocycles. The van der Waals surface area contributed by atoms with E-state index >= 15 is 0 Å². The minimum absolute atomic E-state index is 0.0470. The number of hydrogen-bond acceptors (Lipinski definition) is 3. The Labute approximate surface area is 156 Å². The molecule has 2 heterocycles. The molecule has 3 rings (SSSR count). The van der Waals surface area contributed by atoms with Crippen LogP contribution in [0.5, 0.6) is 0 Å². The fourth-order valence-corrected chi connectivity index (χ4v) is 5.01. The van der Waals surface area contributed by atoms with Crippen molar-refractivity contribution in [3.63, 3.8) is 0 Å². The summed E-state index contributed by atoms with van der Waals surface area (Å²) in [5.74, 6) is -2.03. The normalized spacial score (nSPS) is 22.1. The first-order valence-electron chi connectivity index (χ1n) is 8.93. The number of amides is 1. The van der Waals surface area contributed by atoms with Crippen molar-refractivity contribution in [3.8, 4) is 0 Å². The molecule has 27 heavy (non-hydrogen) atoms. The van der Waals surface area contributed by atoms with E-state index in [2.05, 4.69) is 4.98 Å². The average molecular weight is 414 g/mol. The van der Waals surface area contributed by atoms with E-state index in [-0.39, 0.29) is 49.5 Å². The molecular formula is C17H20F6N2OS. The second kappa shape index (κ2) is 7.25. The van der Waals surface area contributed by atoms with Crippen LogP contribution in [0.1, 0.15) is 60.4 Å². The third-order valence-corrected chi connectivity index (χ3v) is 6.67. The van der Waals surface area contributed by atoms with E-state index in [1.165, 1.54) is 10.3 Å². The number of piperidine rings is 1. The molecule has 1 aromatic rings. The minimum atomic E-state index is -4.45. The summed E-state index contributed by atoms with van der Waals surface area (Å²) in [7, 11) is 0. The quantitative estimate of drug-likeness (QED) is 0.614. The second-order valence-electron chi connectivity index (χ2n) is 7.29. The molecule has 0 spiro atoms. The third-order valence-electron chi connectivity index (χ3n) is 5.63. The average Bonchev–Trinajstić information content (AvgIpc) is 3.10. The van der Waals surface area contributed by atoms with Gasteiger partial charge in [0.25, 0.3) is 5.91 Å². The molecule has 0 bridgehead atoms. The Kier molecular flexibility index (Phi) is 5.48. The zero-order chi connectivity index (χ0) is 19.9. The van der Waals surface area contributed by atoms with Crippen LogP contribution in [0, 0.1) is 5.92 Å². The van der Waals surface area contributed by atoms with E-state index < -0.39 is 29.6 Å². The van der Waals surface area contributed by atoms with Crippen LogP contribution in [-0.2, 0) is 5.41 Å². The fourth-order valence-electron chi connectivity index (χ4n) is 3.94. The molecule has 1 amide bonds. The molecule has 0 N–H and O–H groups in total. The second-order valence-corrected chi connectivity index (χ2v) is 8.14. The van der Waals surface area contributed by atoms with Gasteiger partial charge in [-0.3, -0.25) is 4.79 Å². The van der Waals surface area contributed by atoms with Crippen molar-refractivity contribution in [2.75, 3.05) is 13.1 Å². The van der Waals surface area contributed by atoms with Gasteiger partial charge in [0.05, 0.1) is 5.92 Å². The molecule has 10 heteroatoms. The molecule has 152 valence electrons. The van der Waals surface area contributed by atoms with Gasteiger partial charge in [0.15, 0.2) is 0 Å². The topological polar surface area (TPSA) is 33.2 Å². The van der Waals surface area contributed by atoms with Crippen LogP contribution in [0.2, 0.25) is 0 Å². The standard InChI is InChI=1S/C17H20F6N2OS/c18-16(19,20)11-4-8-25(9-5-11)13(26)12-10-27-14(24-12)15(17(21,22)23)6-2-1-3-7-15/h10-11H,1-9H2. The van der Waals surface area contributed by atoms with Crippen molar-refractivity contribution in [1.29, 1.82) is 0 Å². The van der Waals surface area contributed by atoms with E-state index in [1.807, 2.05) is 0 Å². The van der Waals surface area contributed by atoms with E-state index in [4.69, 9.17) is 0 Å². The van der Waals surface area contributed by atoms with Crippen molar-refractivity contribution in [2.45, 2.75) is 62.7 Å². The lowest BCUT2D eigenvalue weighted by molar-refractivity contribution is -0.199. The van der Waals surface area contributed by atoms with E-state index in [9.17, 15) is 31.1 Å². The summed E-state index contributed by atoms with van der Waals surface area (Å²) >= 11 is 0.820. The molecule has 1 aliphatic heterocycles. The predicted octanol–water partition coefficient (Wildman–Crippen LogP) is 5.32. The third kappa shape index (κ3) is 3.95. The minimum Gasteiger partial charge on any atom is -0.337 e. The highest BCUT2D eigenvalue weighted by atomic mass is 32.1. The lowest BCUT2D eigenvalue weighted by Crippen LogP contribution is -2.44. The molecule has 2 aliphatic rings. The molecule has 1 aromatic heterocycles. The summed E-state index contributed by atoms with van der Waals surface area (Å²) in [6.45, 7) is -0.138. The number of rotatable bonds is 2. The first-order chi connectivity index (χ1) is 12.5. The Hall–Kier alpha value is -1.32. The number of halogens is 6. The summed E-state index contributed by atoms with van der Waals surface area (Å²) in [5.41, 5.74) is -2.12. The maximum absolute atomic E-state index is 13.8. The number of alkyl halides is 6. The maximum atomic E-state index is 13.8. The highest BCUT2D eigenvalue weighted by molar-refractivity contribution is 7.10. The molecule has 0 radical (unpaired) electrons. The summed E-state index contributed by atoms with van der Waals surface area (Å²) in [6, 6.07) is 0. The number of likely N-dealkylation sites (tertiary alicyclic amines) is 1. The van der Waals surface area contributed by atoms with Gasteiger partial charge in [-0.15, -0.1) is 11.3 Å². The Morgan fingerprint density at radius 1 is 1.07 bits per heavy atom. The summed E-state index contributed by atoms with van der Waals surface area (Å²) in [4.78, 5) is 17.8. The molecule has 0 unspecified atom stereocenters. The number of aromatic nitrogens is 1. The van der Waals surface area contributed by atoms with Crippen molar-refractivity contribution in [1.82, 2.24) is 9.88 Å². The zero-order valence-corrected chi connectivity index (χ0v) is 15.3. The van der Waals surface area contributed by atoms with Gasteiger partial charge in [0, 0.05) is 18.5 Å². The molecular weight excluding hydrogens is 394 g/mol. The molecule has 1 aliphatic carbocycles. The predicted molar refractivity (Wildman–Crippen MR) is 87.6 cm³/mol. The number of thiazole rings is 1. The van der Waals surface area contributed by atoms with Gasteiger partial charge in [-0.1, -0.05) is 19.3 Å². The van der Waals surface area contributed by atoms with Gasteiger partial charge >= 0.3 is 12.4 Å². The van der Waals surface area contributed by atoms with Gasteiger partial charge in [0.1, 0.15) is 16.1 Å².